The molecule has 3 rings (SSSR count). The van der Waals surface area contributed by atoms with Crippen LogP contribution in [0.4, 0.5) is 15.8 Å². The van der Waals surface area contributed by atoms with Crippen LogP contribution in [0.15, 0.2) is 70.0 Å². The molecule has 2 N–H and O–H groups in total. The van der Waals surface area contributed by atoms with Crippen LogP contribution in [0.1, 0.15) is 15.9 Å². The Kier molecular flexibility index (Phi) is 6.42. The molecule has 1 amide bonds. The Labute approximate surface area is 182 Å². The van der Waals surface area contributed by atoms with Crippen LogP contribution in [-0.2, 0) is 10.0 Å². The van der Waals surface area contributed by atoms with Crippen LogP contribution in [0.25, 0.3) is 0 Å². The second kappa shape index (κ2) is 8.85. The van der Waals surface area contributed by atoms with E-state index in [1.54, 1.807) is 37.3 Å². The summed E-state index contributed by atoms with van der Waals surface area (Å²) in [7, 11) is -2.43. The second-order valence-electron chi connectivity index (χ2n) is 6.39. The van der Waals surface area contributed by atoms with E-state index in [9.17, 15) is 17.6 Å². The molecule has 156 valence electrons. The Hall–Kier alpha value is -2.91. The fraction of sp³-hybridized carbons (Fsp3) is 0.0952. The van der Waals surface area contributed by atoms with Gasteiger partial charge in [-0.3, -0.25) is 9.52 Å². The number of nitrogens with one attached hydrogen (secondary N) is 2. The molecule has 9 heteroatoms. The van der Waals surface area contributed by atoms with E-state index in [1.165, 1.54) is 37.4 Å². The molecule has 0 radical (unpaired) electrons. The van der Waals surface area contributed by atoms with Gasteiger partial charge in [0.25, 0.3) is 15.9 Å². The average Bonchev–Trinajstić information content (AvgIpc) is 2.70. The number of halogens is 2. The molecule has 0 saturated carbocycles. The topological polar surface area (TPSA) is 84.5 Å². The van der Waals surface area contributed by atoms with Crippen LogP contribution >= 0.6 is 15.9 Å². The fourth-order valence-corrected chi connectivity index (χ4v) is 4.08. The zero-order valence-corrected chi connectivity index (χ0v) is 18.5. The number of carbonyl (C=O) groups excluding carboxylic acids is 1. The smallest absolute Gasteiger partial charge is 0.261 e. The van der Waals surface area contributed by atoms with Gasteiger partial charge >= 0.3 is 0 Å². The first kappa shape index (κ1) is 21.8. The zero-order valence-electron chi connectivity index (χ0n) is 16.1. The first-order chi connectivity index (χ1) is 14.2. The normalized spacial score (nSPS) is 11.1. The van der Waals surface area contributed by atoms with Crippen molar-refractivity contribution in [1.82, 2.24) is 0 Å². The summed E-state index contributed by atoms with van der Waals surface area (Å²) in [6, 6.07) is 14.8. The van der Waals surface area contributed by atoms with Gasteiger partial charge in [0.15, 0.2) is 0 Å². The quantitative estimate of drug-likeness (QED) is 0.509. The molecule has 0 unspecified atom stereocenters. The minimum absolute atomic E-state index is 0.00721. The Morgan fingerprint density at radius 3 is 2.37 bits per heavy atom. The Balaban J connectivity index is 1.86. The SMILES string of the molecule is COc1ccc(NS(=O)(=O)c2ccc(C)c(C(=O)Nc3ccc(Br)cc3F)c2)cc1. The Morgan fingerprint density at radius 2 is 1.73 bits per heavy atom. The van der Waals surface area contributed by atoms with E-state index in [4.69, 9.17) is 4.74 Å². The van der Waals surface area contributed by atoms with Crippen LogP contribution in [0.3, 0.4) is 0 Å². The number of carbonyl (C=O) groups is 1. The number of hydrogen-bond donors (Lipinski definition) is 2. The molecule has 3 aromatic carbocycles. The monoisotopic (exact) mass is 492 g/mol. The van der Waals surface area contributed by atoms with Gasteiger partial charge in [-0.2, -0.15) is 0 Å². The maximum Gasteiger partial charge on any atom is 0.261 e. The van der Waals surface area contributed by atoms with Gasteiger partial charge < -0.3 is 10.1 Å². The maximum absolute atomic E-state index is 14.0. The van der Waals surface area contributed by atoms with Crippen LogP contribution in [0.2, 0.25) is 0 Å². The molecular weight excluding hydrogens is 475 g/mol. The lowest BCUT2D eigenvalue weighted by molar-refractivity contribution is 0.102. The fourth-order valence-electron chi connectivity index (χ4n) is 2.67. The molecule has 0 aliphatic heterocycles. The van der Waals surface area contributed by atoms with Gasteiger partial charge in [-0.15, -0.1) is 0 Å². The molecule has 0 aliphatic rings. The van der Waals surface area contributed by atoms with Crippen LogP contribution in [0, 0.1) is 12.7 Å². The minimum Gasteiger partial charge on any atom is -0.497 e. The summed E-state index contributed by atoms with van der Waals surface area (Å²) in [6.45, 7) is 1.67. The van der Waals surface area contributed by atoms with Gasteiger partial charge in [0.1, 0.15) is 11.6 Å². The van der Waals surface area contributed by atoms with E-state index < -0.39 is 21.7 Å². The van der Waals surface area contributed by atoms with Gasteiger partial charge in [0, 0.05) is 15.7 Å². The molecule has 0 heterocycles. The van der Waals surface area contributed by atoms with E-state index in [0.717, 1.165) is 0 Å². The highest BCUT2D eigenvalue weighted by atomic mass is 79.9. The number of rotatable bonds is 6. The molecule has 6 nitrogen and oxygen atoms in total. The molecule has 0 fully saturated rings. The van der Waals surface area contributed by atoms with E-state index >= 15 is 0 Å². The third-order valence-corrected chi connectivity index (χ3v) is 6.16. The van der Waals surface area contributed by atoms with Crippen LogP contribution in [-0.4, -0.2) is 21.4 Å². The van der Waals surface area contributed by atoms with Crippen LogP contribution in [0.5, 0.6) is 5.75 Å². The summed E-state index contributed by atoms with van der Waals surface area (Å²) in [5, 5.41) is 2.47. The Morgan fingerprint density at radius 1 is 1.03 bits per heavy atom. The number of aryl methyl sites for hydroxylation is 1. The van der Waals surface area contributed by atoms with E-state index in [2.05, 4.69) is 26.0 Å². The lowest BCUT2D eigenvalue weighted by Crippen LogP contribution is -2.17. The molecular formula is C21H18BrFN2O4S. The van der Waals surface area contributed by atoms with Crippen molar-refractivity contribution in [3.63, 3.8) is 0 Å². The second-order valence-corrected chi connectivity index (χ2v) is 8.99. The third kappa shape index (κ3) is 4.98. The molecule has 0 saturated heterocycles. The van der Waals surface area contributed by atoms with Crippen molar-refractivity contribution < 1.29 is 22.3 Å². The van der Waals surface area contributed by atoms with E-state index in [0.29, 0.717) is 21.5 Å². The molecule has 0 bridgehead atoms. The minimum atomic E-state index is -3.94. The van der Waals surface area contributed by atoms with Crippen molar-refractivity contribution in [2.75, 3.05) is 17.1 Å². The summed E-state index contributed by atoms with van der Waals surface area (Å²) in [5.74, 6) is -0.636. The third-order valence-electron chi connectivity index (χ3n) is 4.29. The summed E-state index contributed by atoms with van der Waals surface area (Å²) in [6.07, 6.45) is 0. The number of methoxy groups -OCH3 is 1. The van der Waals surface area contributed by atoms with Crippen molar-refractivity contribution in [1.29, 1.82) is 0 Å². The number of hydrogen-bond acceptors (Lipinski definition) is 4. The van der Waals surface area contributed by atoms with Crippen LogP contribution < -0.4 is 14.8 Å². The number of anilines is 2. The molecule has 0 atom stereocenters. The van der Waals surface area contributed by atoms with Gasteiger partial charge in [-0.1, -0.05) is 22.0 Å². The van der Waals surface area contributed by atoms with Crippen molar-refractivity contribution in [3.8, 4) is 5.75 Å². The molecule has 0 aromatic heterocycles. The summed E-state index contributed by atoms with van der Waals surface area (Å²) in [5.41, 5.74) is 1.01. The molecule has 3 aromatic rings. The molecule has 0 aliphatic carbocycles. The average molecular weight is 493 g/mol. The predicted octanol–water partition coefficient (Wildman–Crippen LogP) is 4.96. The van der Waals surface area contributed by atoms with Crippen molar-refractivity contribution in [3.05, 3.63) is 82.1 Å². The maximum atomic E-state index is 14.0. The zero-order chi connectivity index (χ0) is 21.9. The Bertz CT molecular complexity index is 1200. The number of amides is 1. The van der Waals surface area contributed by atoms with E-state index in [-0.39, 0.29) is 16.1 Å². The summed E-state index contributed by atoms with van der Waals surface area (Å²) < 4.78 is 47.6. The molecule has 0 spiro atoms. The lowest BCUT2D eigenvalue weighted by Gasteiger charge is -2.12. The van der Waals surface area contributed by atoms with Crippen molar-refractivity contribution in [2.24, 2.45) is 0 Å². The number of ether oxygens (including phenoxy) is 1. The number of sulfonamides is 1. The van der Waals surface area contributed by atoms with Gasteiger partial charge in [0.05, 0.1) is 17.7 Å². The first-order valence-corrected chi connectivity index (χ1v) is 11.0. The number of benzene rings is 3. The molecule has 30 heavy (non-hydrogen) atoms. The van der Waals surface area contributed by atoms with Crippen molar-refractivity contribution in [2.45, 2.75) is 11.8 Å². The highest BCUT2D eigenvalue weighted by Crippen LogP contribution is 2.23. The first-order valence-electron chi connectivity index (χ1n) is 8.73. The largest absolute Gasteiger partial charge is 0.497 e. The van der Waals surface area contributed by atoms with Gasteiger partial charge in [-0.05, 0) is 67.1 Å². The summed E-state index contributed by atoms with van der Waals surface area (Å²) in [4.78, 5) is 12.6. The summed E-state index contributed by atoms with van der Waals surface area (Å²) >= 11 is 3.15. The lowest BCUT2D eigenvalue weighted by atomic mass is 10.1. The van der Waals surface area contributed by atoms with E-state index in [1.807, 2.05) is 0 Å². The van der Waals surface area contributed by atoms with Gasteiger partial charge in [-0.25, -0.2) is 12.8 Å². The van der Waals surface area contributed by atoms with Crippen molar-refractivity contribution >= 4 is 43.2 Å². The predicted molar refractivity (Wildman–Crippen MR) is 117 cm³/mol. The standard InChI is InChI=1S/C21H18BrFN2O4S/c1-13-3-9-17(30(27,28)25-15-5-7-16(29-2)8-6-15)12-18(13)21(26)24-20-10-4-14(22)11-19(20)23/h3-12,25H,1-2H3,(H,24,26). The highest BCUT2D eigenvalue weighted by Gasteiger charge is 2.19. The van der Waals surface area contributed by atoms with Gasteiger partial charge in [0.2, 0.25) is 0 Å². The highest BCUT2D eigenvalue weighted by molar-refractivity contribution is 9.10.